The Morgan fingerprint density at radius 3 is 2.29 bits per heavy atom. The van der Waals surface area contributed by atoms with Crippen molar-refractivity contribution in [1.82, 2.24) is 19.9 Å². The number of fused-ring (bicyclic) bond motifs is 1. The van der Waals surface area contributed by atoms with E-state index in [0.717, 1.165) is 0 Å². The number of phenolic OH excluding ortho intramolecular Hbond substituents is 1. The van der Waals surface area contributed by atoms with Gasteiger partial charge in [0.25, 0.3) is 0 Å². The van der Waals surface area contributed by atoms with Gasteiger partial charge in [0.1, 0.15) is 29.4 Å². The number of hydrazone groups is 1. The molecule has 0 atom stereocenters. The van der Waals surface area contributed by atoms with E-state index in [1.807, 2.05) is 0 Å². The molecule has 2 aromatic carbocycles. The maximum absolute atomic E-state index is 12.3. The molecule has 0 saturated heterocycles. The summed E-state index contributed by atoms with van der Waals surface area (Å²) in [5.74, 6) is 0.577. The minimum absolute atomic E-state index is 0.00801. The molecule has 4 aromatic rings. The highest BCUT2D eigenvalue weighted by atomic mass is 19.4. The van der Waals surface area contributed by atoms with E-state index in [-0.39, 0.29) is 11.5 Å². The molecule has 0 aliphatic carbocycles. The number of benzene rings is 2. The fraction of sp³-hybridized carbons (Fsp3) is 0.0952. The van der Waals surface area contributed by atoms with Gasteiger partial charge >= 0.3 is 6.36 Å². The summed E-state index contributed by atoms with van der Waals surface area (Å²) >= 11 is 0. The Hall–Kier alpha value is -4.68. The number of aromatic nitrogens is 4. The van der Waals surface area contributed by atoms with Gasteiger partial charge in [0, 0.05) is 5.69 Å². The fourth-order valence-corrected chi connectivity index (χ4v) is 2.87. The summed E-state index contributed by atoms with van der Waals surface area (Å²) in [4.78, 5) is 16.7. The quantitative estimate of drug-likeness (QED) is 0.268. The lowest BCUT2D eigenvalue weighted by molar-refractivity contribution is -0.274. The standard InChI is InChI=1S/C21H16F3N7O3/c1-33-16-8-12(2-7-15(16)32)9-29-31-20-18-17(25-11-28-20)19(27-10-26-18)30-13-3-5-14(6-4-13)34-21(22,23)24/h2-11,32H,1H3,(H,25,28,31)(H,26,27,30). The second-order valence-corrected chi connectivity index (χ2v) is 6.64. The molecule has 0 bridgehead atoms. The van der Waals surface area contributed by atoms with E-state index in [9.17, 15) is 18.3 Å². The minimum atomic E-state index is -4.77. The zero-order valence-electron chi connectivity index (χ0n) is 17.4. The lowest BCUT2D eigenvalue weighted by Gasteiger charge is -2.11. The van der Waals surface area contributed by atoms with Crippen molar-refractivity contribution in [2.75, 3.05) is 17.9 Å². The van der Waals surface area contributed by atoms with Crippen LogP contribution in [0.2, 0.25) is 0 Å². The van der Waals surface area contributed by atoms with E-state index in [4.69, 9.17) is 4.74 Å². The predicted molar refractivity (Wildman–Crippen MR) is 117 cm³/mol. The van der Waals surface area contributed by atoms with Crippen LogP contribution in [0.25, 0.3) is 11.0 Å². The first-order valence-corrected chi connectivity index (χ1v) is 9.57. The van der Waals surface area contributed by atoms with Gasteiger partial charge in [0.2, 0.25) is 0 Å². The summed E-state index contributed by atoms with van der Waals surface area (Å²) in [5.41, 5.74) is 4.62. The molecule has 4 rings (SSSR count). The highest BCUT2D eigenvalue weighted by Gasteiger charge is 2.30. The van der Waals surface area contributed by atoms with Gasteiger partial charge in [0.05, 0.1) is 13.3 Å². The number of ether oxygens (including phenoxy) is 2. The third-order valence-electron chi connectivity index (χ3n) is 4.36. The summed E-state index contributed by atoms with van der Waals surface area (Å²) in [6, 6.07) is 9.90. The SMILES string of the molecule is COc1cc(C=NNc2ncnc3c(Nc4ccc(OC(F)(F)F)cc4)ncnc23)ccc1O. The number of halogens is 3. The molecule has 0 saturated carbocycles. The summed E-state index contributed by atoms with van der Waals surface area (Å²) in [6.45, 7) is 0. The number of methoxy groups -OCH3 is 1. The molecule has 0 radical (unpaired) electrons. The Kier molecular flexibility index (Phi) is 6.25. The normalized spacial score (nSPS) is 11.5. The second kappa shape index (κ2) is 9.44. The van der Waals surface area contributed by atoms with Gasteiger partial charge in [-0.15, -0.1) is 13.2 Å². The zero-order valence-corrected chi connectivity index (χ0v) is 17.4. The van der Waals surface area contributed by atoms with Crippen molar-refractivity contribution in [2.24, 2.45) is 5.10 Å². The van der Waals surface area contributed by atoms with Crippen molar-refractivity contribution in [3.8, 4) is 17.2 Å². The highest BCUT2D eigenvalue weighted by molar-refractivity contribution is 5.93. The van der Waals surface area contributed by atoms with Crippen LogP contribution in [0.15, 0.2) is 60.2 Å². The van der Waals surface area contributed by atoms with E-state index in [2.05, 4.69) is 40.5 Å². The van der Waals surface area contributed by atoms with E-state index in [1.54, 1.807) is 12.1 Å². The van der Waals surface area contributed by atoms with Crippen LogP contribution in [0.1, 0.15) is 5.56 Å². The molecule has 13 heteroatoms. The number of rotatable bonds is 7. The zero-order chi connectivity index (χ0) is 24.1. The highest BCUT2D eigenvalue weighted by Crippen LogP contribution is 2.28. The van der Waals surface area contributed by atoms with Gasteiger partial charge < -0.3 is 19.9 Å². The third-order valence-corrected chi connectivity index (χ3v) is 4.36. The van der Waals surface area contributed by atoms with Gasteiger partial charge in [-0.1, -0.05) is 0 Å². The maximum Gasteiger partial charge on any atom is 0.573 e. The van der Waals surface area contributed by atoms with Gasteiger partial charge in [-0.3, -0.25) is 5.43 Å². The maximum atomic E-state index is 12.3. The van der Waals surface area contributed by atoms with Crippen molar-refractivity contribution in [3.05, 3.63) is 60.7 Å². The topological polar surface area (TPSA) is 127 Å². The molecule has 0 aliphatic heterocycles. The molecule has 34 heavy (non-hydrogen) atoms. The molecule has 0 unspecified atom stereocenters. The molecule has 10 nitrogen and oxygen atoms in total. The van der Waals surface area contributed by atoms with E-state index in [1.165, 1.54) is 56.3 Å². The van der Waals surface area contributed by atoms with Crippen molar-refractivity contribution < 1.29 is 27.8 Å². The van der Waals surface area contributed by atoms with Crippen LogP contribution >= 0.6 is 0 Å². The summed E-state index contributed by atoms with van der Waals surface area (Å²) in [7, 11) is 1.44. The van der Waals surface area contributed by atoms with Crippen molar-refractivity contribution >= 4 is 34.6 Å². The molecular weight excluding hydrogens is 455 g/mol. The number of alkyl halides is 3. The number of hydrogen-bond donors (Lipinski definition) is 3. The van der Waals surface area contributed by atoms with Gasteiger partial charge in [0.15, 0.2) is 23.1 Å². The third kappa shape index (κ3) is 5.38. The molecule has 0 fully saturated rings. The largest absolute Gasteiger partial charge is 0.573 e. The summed E-state index contributed by atoms with van der Waals surface area (Å²) < 4.78 is 45.9. The van der Waals surface area contributed by atoms with Gasteiger partial charge in [-0.25, -0.2) is 19.9 Å². The molecule has 0 spiro atoms. The minimum Gasteiger partial charge on any atom is -0.504 e. The lowest BCUT2D eigenvalue weighted by Crippen LogP contribution is -2.16. The Balaban J connectivity index is 1.53. The summed E-state index contributed by atoms with van der Waals surface area (Å²) in [6.07, 6.45) is -0.691. The van der Waals surface area contributed by atoms with Crippen molar-refractivity contribution in [2.45, 2.75) is 6.36 Å². The average molecular weight is 471 g/mol. The van der Waals surface area contributed by atoms with E-state index < -0.39 is 6.36 Å². The Labute approximate surface area is 190 Å². The number of phenols is 1. The van der Waals surface area contributed by atoms with Crippen LogP contribution in [0.3, 0.4) is 0 Å². The van der Waals surface area contributed by atoms with Crippen LogP contribution in [0.4, 0.5) is 30.5 Å². The van der Waals surface area contributed by atoms with Crippen LogP contribution in [-0.2, 0) is 0 Å². The Morgan fingerprint density at radius 1 is 0.941 bits per heavy atom. The number of anilines is 3. The average Bonchev–Trinajstić information content (AvgIpc) is 2.81. The Morgan fingerprint density at radius 2 is 1.62 bits per heavy atom. The first-order valence-electron chi connectivity index (χ1n) is 9.57. The monoisotopic (exact) mass is 471 g/mol. The molecule has 174 valence electrons. The number of aromatic hydroxyl groups is 1. The van der Waals surface area contributed by atoms with Crippen LogP contribution < -0.4 is 20.2 Å². The molecule has 3 N–H and O–H groups in total. The molecular formula is C21H16F3N7O3. The number of nitrogens with zero attached hydrogens (tertiary/aromatic N) is 5. The Bertz CT molecular complexity index is 1330. The van der Waals surface area contributed by atoms with Gasteiger partial charge in [-0.2, -0.15) is 5.10 Å². The first kappa shape index (κ1) is 22.5. The lowest BCUT2D eigenvalue weighted by atomic mass is 10.2. The smallest absolute Gasteiger partial charge is 0.504 e. The second-order valence-electron chi connectivity index (χ2n) is 6.64. The van der Waals surface area contributed by atoms with Crippen LogP contribution in [-0.4, -0.2) is 44.7 Å². The molecule has 0 aliphatic rings. The molecule has 0 amide bonds. The van der Waals surface area contributed by atoms with Crippen LogP contribution in [0.5, 0.6) is 17.2 Å². The van der Waals surface area contributed by atoms with E-state index >= 15 is 0 Å². The fourth-order valence-electron chi connectivity index (χ4n) is 2.87. The van der Waals surface area contributed by atoms with Crippen molar-refractivity contribution in [3.63, 3.8) is 0 Å². The van der Waals surface area contributed by atoms with Gasteiger partial charge in [-0.05, 0) is 48.0 Å². The molecule has 2 heterocycles. The number of hydrogen-bond acceptors (Lipinski definition) is 10. The molecule has 2 aromatic heterocycles. The number of nitrogens with one attached hydrogen (secondary N) is 2. The predicted octanol–water partition coefficient (Wildman–Crippen LogP) is 4.22. The van der Waals surface area contributed by atoms with Crippen molar-refractivity contribution in [1.29, 1.82) is 0 Å². The first-order chi connectivity index (χ1) is 16.3. The van der Waals surface area contributed by atoms with Crippen LogP contribution in [0, 0.1) is 0 Å². The van der Waals surface area contributed by atoms with E-state index in [0.29, 0.717) is 39.7 Å². The summed E-state index contributed by atoms with van der Waals surface area (Å²) in [5, 5.41) is 16.8.